The minimum absolute atomic E-state index is 0.0212. The Morgan fingerprint density at radius 1 is 1.04 bits per heavy atom. The van der Waals surface area contributed by atoms with Gasteiger partial charge in [-0.05, 0) is 54.4 Å². The van der Waals surface area contributed by atoms with Crippen molar-refractivity contribution < 1.29 is 9.21 Å². The van der Waals surface area contributed by atoms with E-state index in [1.807, 2.05) is 55.5 Å². The lowest BCUT2D eigenvalue weighted by molar-refractivity contribution is -0.128. The fourth-order valence-electron chi connectivity index (χ4n) is 2.47. The highest BCUT2D eigenvalue weighted by Crippen LogP contribution is 2.36. The van der Waals surface area contributed by atoms with Crippen molar-refractivity contribution >= 4 is 17.7 Å². The second kappa shape index (κ2) is 7.74. The molecule has 1 aromatic heterocycles. The largest absolute Gasteiger partial charge is 0.411 e. The Bertz CT molecular complexity index is 906. The molecule has 0 spiro atoms. The molecule has 0 saturated heterocycles. The molecular weight excluding hydrogens is 346 g/mol. The number of carbonyl (C=O) groups excluding carboxylic acids is 1. The molecule has 1 atom stereocenters. The fraction of sp³-hybridized carbons (Fsp3) is 0.250. The summed E-state index contributed by atoms with van der Waals surface area (Å²) < 4.78 is 5.82. The summed E-state index contributed by atoms with van der Waals surface area (Å²) in [5.41, 5.74) is 4.16. The maximum absolute atomic E-state index is 12.6. The molecule has 0 radical (unpaired) electrons. The summed E-state index contributed by atoms with van der Waals surface area (Å²) in [6.07, 6.45) is 0. The van der Waals surface area contributed by atoms with Gasteiger partial charge in [0.25, 0.3) is 5.22 Å². The van der Waals surface area contributed by atoms with Crippen LogP contribution >= 0.6 is 11.8 Å². The highest BCUT2D eigenvalue weighted by molar-refractivity contribution is 8.00. The van der Waals surface area contributed by atoms with Crippen molar-refractivity contribution in [3.05, 3.63) is 65.2 Å². The van der Waals surface area contributed by atoms with Gasteiger partial charge in [0.05, 0.1) is 0 Å². The van der Waals surface area contributed by atoms with Gasteiger partial charge < -0.3 is 9.32 Å². The summed E-state index contributed by atoms with van der Waals surface area (Å²) in [5, 5.41) is 8.22. The molecule has 3 rings (SSSR count). The third kappa shape index (κ3) is 3.96. The van der Waals surface area contributed by atoms with Crippen molar-refractivity contribution in [2.75, 3.05) is 14.1 Å². The second-order valence-electron chi connectivity index (χ2n) is 6.31. The van der Waals surface area contributed by atoms with E-state index in [2.05, 4.69) is 17.1 Å². The number of rotatable bonds is 5. The molecule has 134 valence electrons. The van der Waals surface area contributed by atoms with E-state index in [-0.39, 0.29) is 5.91 Å². The van der Waals surface area contributed by atoms with Crippen LogP contribution in [0.5, 0.6) is 0 Å². The average molecular weight is 367 g/mol. The molecule has 0 aliphatic heterocycles. The van der Waals surface area contributed by atoms with E-state index in [4.69, 9.17) is 4.42 Å². The highest BCUT2D eigenvalue weighted by Gasteiger charge is 2.26. The molecule has 0 fully saturated rings. The van der Waals surface area contributed by atoms with Crippen LogP contribution in [0.25, 0.3) is 11.5 Å². The number of hydrogen-bond donors (Lipinski definition) is 0. The molecule has 6 heteroatoms. The fourth-order valence-corrected chi connectivity index (χ4v) is 3.49. The number of thioether (sulfide) groups is 1. The summed E-state index contributed by atoms with van der Waals surface area (Å²) in [5.74, 6) is 0.437. The van der Waals surface area contributed by atoms with E-state index in [1.54, 1.807) is 19.0 Å². The summed E-state index contributed by atoms with van der Waals surface area (Å²) in [4.78, 5) is 14.2. The van der Waals surface area contributed by atoms with Gasteiger partial charge in [0.2, 0.25) is 11.8 Å². The minimum atomic E-state index is -0.431. The van der Waals surface area contributed by atoms with Crippen LogP contribution in [-0.2, 0) is 4.79 Å². The number of carbonyl (C=O) groups is 1. The summed E-state index contributed by atoms with van der Waals surface area (Å²) in [6, 6.07) is 15.6. The molecule has 0 aliphatic carbocycles. The molecule has 1 heterocycles. The molecule has 2 aromatic carbocycles. The average Bonchev–Trinajstić information content (AvgIpc) is 3.11. The Labute approximate surface area is 157 Å². The topological polar surface area (TPSA) is 59.2 Å². The van der Waals surface area contributed by atoms with Crippen molar-refractivity contribution in [1.82, 2.24) is 15.1 Å². The van der Waals surface area contributed by atoms with Crippen molar-refractivity contribution in [2.45, 2.75) is 24.3 Å². The molecule has 0 aliphatic rings. The Morgan fingerprint density at radius 2 is 1.77 bits per heavy atom. The molecule has 0 N–H and O–H groups in total. The van der Waals surface area contributed by atoms with Crippen molar-refractivity contribution in [3.63, 3.8) is 0 Å². The number of likely N-dealkylation sites (N-methyl/N-ethyl adjacent to an activating group) is 1. The van der Waals surface area contributed by atoms with Gasteiger partial charge in [-0.3, -0.25) is 4.79 Å². The Balaban J connectivity index is 1.87. The Kier molecular flexibility index (Phi) is 5.42. The van der Waals surface area contributed by atoms with Gasteiger partial charge in [-0.25, -0.2) is 0 Å². The normalized spacial score (nSPS) is 12.0. The molecule has 3 aromatic rings. The minimum Gasteiger partial charge on any atom is -0.411 e. The zero-order chi connectivity index (χ0) is 18.7. The van der Waals surface area contributed by atoms with E-state index < -0.39 is 5.25 Å². The lowest BCUT2D eigenvalue weighted by atomic mass is 10.1. The molecule has 5 nitrogen and oxygen atoms in total. The first-order valence-corrected chi connectivity index (χ1v) is 9.17. The van der Waals surface area contributed by atoms with Gasteiger partial charge in [0.15, 0.2) is 0 Å². The van der Waals surface area contributed by atoms with Gasteiger partial charge in [0, 0.05) is 19.7 Å². The highest BCUT2D eigenvalue weighted by atomic mass is 32.2. The molecule has 1 amide bonds. The van der Waals surface area contributed by atoms with Gasteiger partial charge >= 0.3 is 0 Å². The van der Waals surface area contributed by atoms with E-state index in [9.17, 15) is 4.79 Å². The molecule has 0 bridgehead atoms. The first-order valence-electron chi connectivity index (χ1n) is 8.29. The summed E-state index contributed by atoms with van der Waals surface area (Å²) in [6.45, 7) is 4.11. The van der Waals surface area contributed by atoms with Crippen molar-refractivity contribution in [1.29, 1.82) is 0 Å². The number of benzene rings is 2. The number of nitrogens with zero attached hydrogens (tertiary/aromatic N) is 3. The van der Waals surface area contributed by atoms with Crippen LogP contribution in [0.1, 0.15) is 21.9 Å². The van der Waals surface area contributed by atoms with Crippen LogP contribution in [0, 0.1) is 13.8 Å². The zero-order valence-electron chi connectivity index (χ0n) is 15.3. The maximum atomic E-state index is 12.6. The quantitative estimate of drug-likeness (QED) is 0.630. The number of amides is 1. The van der Waals surface area contributed by atoms with E-state index in [0.29, 0.717) is 11.1 Å². The second-order valence-corrected chi connectivity index (χ2v) is 7.37. The summed E-state index contributed by atoms with van der Waals surface area (Å²) in [7, 11) is 3.49. The van der Waals surface area contributed by atoms with Crippen molar-refractivity contribution in [3.8, 4) is 11.5 Å². The van der Waals surface area contributed by atoms with Gasteiger partial charge in [-0.15, -0.1) is 10.2 Å². The van der Waals surface area contributed by atoms with Gasteiger partial charge in [-0.1, -0.05) is 36.4 Å². The zero-order valence-corrected chi connectivity index (χ0v) is 16.1. The molecule has 0 saturated carbocycles. The Morgan fingerprint density at radius 3 is 2.42 bits per heavy atom. The van der Waals surface area contributed by atoms with Crippen LogP contribution in [-0.4, -0.2) is 35.1 Å². The number of aromatic nitrogens is 2. The molecule has 0 unspecified atom stereocenters. The first-order chi connectivity index (χ1) is 12.5. The van der Waals surface area contributed by atoms with E-state index in [1.165, 1.54) is 22.9 Å². The molecule has 26 heavy (non-hydrogen) atoms. The predicted octanol–water partition coefficient (Wildman–Crippen LogP) is 4.28. The van der Waals surface area contributed by atoms with Crippen LogP contribution in [0.15, 0.2) is 58.2 Å². The maximum Gasteiger partial charge on any atom is 0.277 e. The predicted molar refractivity (Wildman–Crippen MR) is 103 cm³/mol. The monoisotopic (exact) mass is 367 g/mol. The van der Waals surface area contributed by atoms with E-state index in [0.717, 1.165) is 11.1 Å². The first kappa shape index (κ1) is 18.2. The van der Waals surface area contributed by atoms with Crippen molar-refractivity contribution in [2.24, 2.45) is 0 Å². The Hall–Kier alpha value is -2.60. The van der Waals surface area contributed by atoms with Crippen LogP contribution in [0.2, 0.25) is 0 Å². The van der Waals surface area contributed by atoms with Gasteiger partial charge in [0.1, 0.15) is 5.25 Å². The van der Waals surface area contributed by atoms with Crippen LogP contribution in [0.3, 0.4) is 0 Å². The van der Waals surface area contributed by atoms with Crippen LogP contribution < -0.4 is 0 Å². The lowest BCUT2D eigenvalue weighted by Gasteiger charge is -2.18. The third-order valence-electron chi connectivity index (χ3n) is 4.15. The third-order valence-corrected chi connectivity index (χ3v) is 5.22. The number of aryl methyl sites for hydroxylation is 2. The SMILES string of the molecule is Cc1ccc(-c2nnc(S[C@H](C(=O)N(C)C)c3ccccc3)o2)cc1C. The summed E-state index contributed by atoms with van der Waals surface area (Å²) >= 11 is 1.27. The van der Waals surface area contributed by atoms with Crippen LogP contribution in [0.4, 0.5) is 0 Å². The van der Waals surface area contributed by atoms with Gasteiger partial charge in [-0.2, -0.15) is 0 Å². The standard InChI is InChI=1S/C20H21N3O2S/c1-13-10-11-16(12-14(13)2)18-21-22-20(25-18)26-17(19(24)23(3)4)15-8-6-5-7-9-15/h5-12,17H,1-4H3/t17-/m0/s1. The molecular formula is C20H21N3O2S. The van der Waals surface area contributed by atoms with E-state index >= 15 is 0 Å². The smallest absolute Gasteiger partial charge is 0.277 e. The number of hydrogen-bond acceptors (Lipinski definition) is 5. The lowest BCUT2D eigenvalue weighted by Crippen LogP contribution is -2.26.